The lowest BCUT2D eigenvalue weighted by Crippen LogP contribution is -2.52. The van der Waals surface area contributed by atoms with Crippen LogP contribution in [0.2, 0.25) is 0 Å². The van der Waals surface area contributed by atoms with E-state index in [2.05, 4.69) is 24.5 Å². The molecular formula is C29H36N2O4. The van der Waals surface area contributed by atoms with Crippen molar-refractivity contribution in [2.45, 2.75) is 38.3 Å². The van der Waals surface area contributed by atoms with Crippen LogP contribution in [0.4, 0.5) is 0 Å². The van der Waals surface area contributed by atoms with Crippen LogP contribution in [-0.2, 0) is 19.9 Å². The van der Waals surface area contributed by atoms with E-state index in [1.165, 1.54) is 7.11 Å². The van der Waals surface area contributed by atoms with E-state index in [0.717, 1.165) is 29.8 Å². The highest BCUT2D eigenvalue weighted by molar-refractivity contribution is 5.76. The van der Waals surface area contributed by atoms with Gasteiger partial charge in [0, 0.05) is 6.42 Å². The van der Waals surface area contributed by atoms with E-state index >= 15 is 0 Å². The predicted molar refractivity (Wildman–Crippen MR) is 139 cm³/mol. The van der Waals surface area contributed by atoms with Gasteiger partial charge in [-0.25, -0.2) is 0 Å². The Labute approximate surface area is 208 Å². The number of methoxy groups -OCH3 is 1. The number of esters is 1. The molecule has 0 saturated carbocycles. The van der Waals surface area contributed by atoms with Crippen LogP contribution in [0.1, 0.15) is 43.4 Å². The summed E-state index contributed by atoms with van der Waals surface area (Å²) in [7, 11) is 1.30. The van der Waals surface area contributed by atoms with Crippen LogP contribution in [-0.4, -0.2) is 43.3 Å². The second-order valence-electron chi connectivity index (χ2n) is 7.96. The van der Waals surface area contributed by atoms with Crippen molar-refractivity contribution in [3.63, 3.8) is 0 Å². The number of benzene rings is 3. The Morgan fingerprint density at radius 1 is 0.800 bits per heavy atom. The first kappa shape index (κ1) is 27.8. The highest BCUT2D eigenvalue weighted by atomic mass is 16.5. The SMILES string of the molecule is CCNCC.COC(=O)CC[C@H](NC(c1ccccc1)(c1ccccc1)c1ccccc1)C(=O)O. The van der Waals surface area contributed by atoms with E-state index in [4.69, 9.17) is 4.74 Å². The fourth-order valence-electron chi connectivity index (χ4n) is 3.95. The summed E-state index contributed by atoms with van der Waals surface area (Å²) in [6, 6.07) is 28.3. The van der Waals surface area contributed by atoms with Crippen LogP contribution < -0.4 is 10.6 Å². The molecule has 6 heteroatoms. The van der Waals surface area contributed by atoms with Crippen LogP contribution in [0.25, 0.3) is 0 Å². The van der Waals surface area contributed by atoms with Crippen molar-refractivity contribution in [1.82, 2.24) is 10.6 Å². The summed E-state index contributed by atoms with van der Waals surface area (Å²) < 4.78 is 4.70. The lowest BCUT2D eigenvalue weighted by atomic mass is 9.76. The maximum absolute atomic E-state index is 12.2. The molecule has 35 heavy (non-hydrogen) atoms. The average molecular weight is 477 g/mol. The molecule has 0 saturated heterocycles. The third-order valence-electron chi connectivity index (χ3n) is 5.67. The van der Waals surface area contributed by atoms with Gasteiger partial charge in [-0.2, -0.15) is 0 Å². The van der Waals surface area contributed by atoms with E-state index < -0.39 is 23.5 Å². The Morgan fingerprint density at radius 3 is 1.49 bits per heavy atom. The molecule has 3 aromatic rings. The minimum Gasteiger partial charge on any atom is -0.480 e. The Bertz CT molecular complexity index is 912. The number of ether oxygens (including phenoxy) is 1. The van der Waals surface area contributed by atoms with Gasteiger partial charge < -0.3 is 15.2 Å². The Hall–Kier alpha value is -3.48. The summed E-state index contributed by atoms with van der Waals surface area (Å²) in [5.74, 6) is -1.46. The molecule has 186 valence electrons. The number of carboxylic acid groups (broad SMARTS) is 1. The molecule has 0 heterocycles. The minimum atomic E-state index is -1.02. The van der Waals surface area contributed by atoms with E-state index in [-0.39, 0.29) is 12.8 Å². The summed E-state index contributed by atoms with van der Waals surface area (Å²) in [5, 5.41) is 16.4. The molecule has 0 aliphatic rings. The molecule has 0 unspecified atom stereocenters. The van der Waals surface area contributed by atoms with Gasteiger partial charge in [0.1, 0.15) is 6.04 Å². The molecule has 3 N–H and O–H groups in total. The smallest absolute Gasteiger partial charge is 0.320 e. The fraction of sp³-hybridized carbons (Fsp3) is 0.310. The molecule has 6 nitrogen and oxygen atoms in total. The van der Waals surface area contributed by atoms with Gasteiger partial charge in [0.05, 0.1) is 12.6 Å². The van der Waals surface area contributed by atoms with Gasteiger partial charge in [0.2, 0.25) is 0 Å². The maximum atomic E-state index is 12.2. The highest BCUT2D eigenvalue weighted by Gasteiger charge is 2.39. The third kappa shape index (κ3) is 7.77. The molecule has 0 aliphatic heterocycles. The van der Waals surface area contributed by atoms with Crippen molar-refractivity contribution in [2.75, 3.05) is 20.2 Å². The van der Waals surface area contributed by atoms with Gasteiger partial charge in [0.15, 0.2) is 0 Å². The van der Waals surface area contributed by atoms with E-state index in [1.807, 2.05) is 91.0 Å². The molecule has 0 bridgehead atoms. The summed E-state index contributed by atoms with van der Waals surface area (Å²) >= 11 is 0. The van der Waals surface area contributed by atoms with Gasteiger partial charge in [-0.05, 0) is 36.2 Å². The van der Waals surface area contributed by atoms with Crippen molar-refractivity contribution < 1.29 is 19.4 Å². The van der Waals surface area contributed by atoms with Crippen LogP contribution in [0.5, 0.6) is 0 Å². The minimum absolute atomic E-state index is 0.00884. The van der Waals surface area contributed by atoms with Crippen molar-refractivity contribution in [1.29, 1.82) is 0 Å². The number of hydrogen-bond donors (Lipinski definition) is 3. The number of hydrogen-bond acceptors (Lipinski definition) is 5. The molecule has 0 aliphatic carbocycles. The Kier molecular flexibility index (Phi) is 11.7. The highest BCUT2D eigenvalue weighted by Crippen LogP contribution is 2.37. The monoisotopic (exact) mass is 476 g/mol. The number of rotatable bonds is 11. The number of carbonyl (C=O) groups is 2. The van der Waals surface area contributed by atoms with Crippen LogP contribution in [0.15, 0.2) is 91.0 Å². The van der Waals surface area contributed by atoms with Gasteiger partial charge in [0.25, 0.3) is 0 Å². The second-order valence-corrected chi connectivity index (χ2v) is 7.96. The fourth-order valence-corrected chi connectivity index (χ4v) is 3.95. The van der Waals surface area contributed by atoms with Gasteiger partial charge in [-0.3, -0.25) is 14.9 Å². The first-order valence-corrected chi connectivity index (χ1v) is 11.9. The third-order valence-corrected chi connectivity index (χ3v) is 5.67. The van der Waals surface area contributed by atoms with Gasteiger partial charge >= 0.3 is 11.9 Å². The van der Waals surface area contributed by atoms with Crippen molar-refractivity contribution >= 4 is 11.9 Å². The number of carboxylic acids is 1. The molecule has 0 spiro atoms. The van der Waals surface area contributed by atoms with E-state index in [0.29, 0.717) is 0 Å². The van der Waals surface area contributed by atoms with Crippen LogP contribution in [0.3, 0.4) is 0 Å². The molecular weight excluding hydrogens is 440 g/mol. The largest absolute Gasteiger partial charge is 0.480 e. The summed E-state index contributed by atoms with van der Waals surface area (Å²) in [5.41, 5.74) is 1.81. The molecule has 3 aromatic carbocycles. The number of nitrogens with one attached hydrogen (secondary N) is 2. The standard InChI is InChI=1S/C25H25NO4.C4H11N/c1-30-23(27)18-17-22(24(28)29)26-25(19-11-5-2-6-12-19,20-13-7-3-8-14-20)21-15-9-4-10-16-21;1-3-5-4-2/h2-16,22,26H,17-18H2,1H3,(H,28,29);5H,3-4H2,1-2H3/t22-;/m0./s1. The predicted octanol–water partition coefficient (Wildman–Crippen LogP) is 4.59. The molecule has 0 fully saturated rings. The Morgan fingerprint density at radius 2 is 1.20 bits per heavy atom. The molecule has 1 atom stereocenters. The van der Waals surface area contributed by atoms with Gasteiger partial charge in [-0.1, -0.05) is 105 Å². The lowest BCUT2D eigenvalue weighted by Gasteiger charge is -2.39. The van der Waals surface area contributed by atoms with Gasteiger partial charge in [-0.15, -0.1) is 0 Å². The second kappa shape index (κ2) is 14.7. The zero-order chi connectivity index (χ0) is 25.5. The normalized spacial score (nSPS) is 11.6. The lowest BCUT2D eigenvalue weighted by molar-refractivity contribution is -0.142. The molecule has 0 amide bonds. The quantitative estimate of drug-likeness (QED) is 0.277. The van der Waals surface area contributed by atoms with E-state index in [9.17, 15) is 14.7 Å². The van der Waals surface area contributed by atoms with Crippen molar-refractivity contribution in [3.05, 3.63) is 108 Å². The molecule has 3 rings (SSSR count). The zero-order valence-electron chi connectivity index (χ0n) is 20.7. The van der Waals surface area contributed by atoms with Crippen molar-refractivity contribution in [3.8, 4) is 0 Å². The topological polar surface area (TPSA) is 87.7 Å². The van der Waals surface area contributed by atoms with Crippen LogP contribution >= 0.6 is 0 Å². The Balaban J connectivity index is 0.000000784. The zero-order valence-corrected chi connectivity index (χ0v) is 20.7. The maximum Gasteiger partial charge on any atom is 0.320 e. The number of aliphatic carboxylic acids is 1. The van der Waals surface area contributed by atoms with Crippen LogP contribution in [0, 0.1) is 0 Å². The number of carbonyl (C=O) groups excluding carboxylic acids is 1. The van der Waals surface area contributed by atoms with E-state index in [1.54, 1.807) is 0 Å². The molecule has 0 aromatic heterocycles. The summed E-state index contributed by atoms with van der Waals surface area (Å²) in [6.07, 6.45) is 0.116. The average Bonchev–Trinajstić information content (AvgIpc) is 2.91. The first-order valence-electron chi connectivity index (χ1n) is 11.9. The first-order chi connectivity index (χ1) is 17.0. The molecule has 0 radical (unpaired) electrons. The summed E-state index contributed by atoms with van der Waals surface area (Å²) in [6.45, 7) is 6.39. The summed E-state index contributed by atoms with van der Waals surface area (Å²) in [4.78, 5) is 23.8. The van der Waals surface area contributed by atoms with Crippen molar-refractivity contribution in [2.24, 2.45) is 0 Å².